The van der Waals surface area contributed by atoms with Crippen molar-refractivity contribution >= 4 is 16.7 Å². The third-order valence-electron chi connectivity index (χ3n) is 2.36. The lowest BCUT2D eigenvalue weighted by Crippen LogP contribution is -2.13. The number of amides is 1. The van der Waals surface area contributed by atoms with Crippen LogP contribution in [0.25, 0.3) is 10.8 Å². The standard InChI is InChI=1S/C12H11NO2/c13-12(15)7-8-5-6-11(14)10-4-2-1-3-9(8)10/h1-6,14H,7H2,(H2,13,15). The van der Waals surface area contributed by atoms with Gasteiger partial charge in [-0.15, -0.1) is 0 Å². The van der Waals surface area contributed by atoms with E-state index < -0.39 is 0 Å². The third-order valence-corrected chi connectivity index (χ3v) is 2.36. The summed E-state index contributed by atoms with van der Waals surface area (Å²) in [7, 11) is 0. The first-order chi connectivity index (χ1) is 7.18. The van der Waals surface area contributed by atoms with Crippen molar-refractivity contribution in [2.24, 2.45) is 5.73 Å². The van der Waals surface area contributed by atoms with E-state index in [1.807, 2.05) is 24.3 Å². The van der Waals surface area contributed by atoms with Gasteiger partial charge >= 0.3 is 0 Å². The van der Waals surface area contributed by atoms with Crippen molar-refractivity contribution in [2.45, 2.75) is 6.42 Å². The molecule has 0 heterocycles. The van der Waals surface area contributed by atoms with Crippen molar-refractivity contribution in [3.05, 3.63) is 42.0 Å². The first kappa shape index (κ1) is 9.52. The lowest BCUT2D eigenvalue weighted by atomic mass is 10.0. The first-order valence-corrected chi connectivity index (χ1v) is 4.66. The summed E-state index contributed by atoms with van der Waals surface area (Å²) >= 11 is 0. The quantitative estimate of drug-likeness (QED) is 0.774. The second kappa shape index (κ2) is 3.61. The molecule has 2 aromatic rings. The van der Waals surface area contributed by atoms with Gasteiger partial charge in [0, 0.05) is 5.39 Å². The van der Waals surface area contributed by atoms with Crippen LogP contribution in [0.15, 0.2) is 36.4 Å². The monoisotopic (exact) mass is 201 g/mol. The number of hydrogen-bond acceptors (Lipinski definition) is 2. The van der Waals surface area contributed by atoms with Gasteiger partial charge in [0.15, 0.2) is 0 Å². The van der Waals surface area contributed by atoms with Gasteiger partial charge in [0.2, 0.25) is 5.91 Å². The van der Waals surface area contributed by atoms with E-state index in [9.17, 15) is 9.90 Å². The highest BCUT2D eigenvalue weighted by Gasteiger charge is 2.06. The Kier molecular flexibility index (Phi) is 2.29. The Hall–Kier alpha value is -2.03. The number of hydrogen-bond donors (Lipinski definition) is 2. The molecule has 0 saturated heterocycles. The van der Waals surface area contributed by atoms with Crippen LogP contribution in [-0.4, -0.2) is 11.0 Å². The topological polar surface area (TPSA) is 63.3 Å². The lowest BCUT2D eigenvalue weighted by Gasteiger charge is -2.06. The maximum absolute atomic E-state index is 10.9. The zero-order chi connectivity index (χ0) is 10.8. The fraction of sp³-hybridized carbons (Fsp3) is 0.0833. The maximum atomic E-state index is 10.9. The second-order valence-electron chi connectivity index (χ2n) is 3.43. The van der Waals surface area contributed by atoms with Gasteiger partial charge in [-0.2, -0.15) is 0 Å². The highest BCUT2D eigenvalue weighted by molar-refractivity contribution is 5.93. The van der Waals surface area contributed by atoms with Gasteiger partial charge in [-0.3, -0.25) is 4.79 Å². The number of fused-ring (bicyclic) bond motifs is 1. The molecule has 1 amide bonds. The Labute approximate surface area is 87.1 Å². The van der Waals surface area contributed by atoms with Crippen molar-refractivity contribution in [3.8, 4) is 5.75 Å². The van der Waals surface area contributed by atoms with Crippen molar-refractivity contribution in [1.29, 1.82) is 0 Å². The van der Waals surface area contributed by atoms with Gasteiger partial charge in [0.25, 0.3) is 0 Å². The average molecular weight is 201 g/mol. The van der Waals surface area contributed by atoms with Crippen LogP contribution < -0.4 is 5.73 Å². The molecule has 76 valence electrons. The second-order valence-corrected chi connectivity index (χ2v) is 3.43. The van der Waals surface area contributed by atoms with Crippen LogP contribution in [0.4, 0.5) is 0 Å². The van der Waals surface area contributed by atoms with E-state index in [0.717, 1.165) is 16.3 Å². The molecule has 0 aliphatic heterocycles. The third kappa shape index (κ3) is 1.76. The smallest absolute Gasteiger partial charge is 0.221 e. The number of phenolic OH excluding ortho intramolecular Hbond substituents is 1. The van der Waals surface area contributed by atoms with E-state index in [-0.39, 0.29) is 18.1 Å². The van der Waals surface area contributed by atoms with Crippen molar-refractivity contribution in [1.82, 2.24) is 0 Å². The lowest BCUT2D eigenvalue weighted by molar-refractivity contribution is -0.117. The number of benzene rings is 2. The minimum atomic E-state index is -0.370. The molecular weight excluding hydrogens is 190 g/mol. The first-order valence-electron chi connectivity index (χ1n) is 4.66. The van der Waals surface area contributed by atoms with E-state index in [2.05, 4.69) is 0 Å². The number of nitrogens with two attached hydrogens (primary N) is 1. The molecular formula is C12H11NO2. The molecule has 0 spiro atoms. The van der Waals surface area contributed by atoms with Crippen LogP contribution in [0.3, 0.4) is 0 Å². The molecule has 2 rings (SSSR count). The molecule has 0 aromatic heterocycles. The van der Waals surface area contributed by atoms with Gasteiger partial charge in [-0.05, 0) is 17.0 Å². The molecule has 0 saturated carbocycles. The van der Waals surface area contributed by atoms with Crippen LogP contribution in [0.5, 0.6) is 5.75 Å². The van der Waals surface area contributed by atoms with E-state index in [0.29, 0.717) is 0 Å². The van der Waals surface area contributed by atoms with Crippen LogP contribution in [0.2, 0.25) is 0 Å². The Morgan fingerprint density at radius 2 is 1.80 bits per heavy atom. The molecule has 0 fully saturated rings. The predicted octanol–water partition coefficient (Wildman–Crippen LogP) is 1.57. The fourth-order valence-electron chi connectivity index (χ4n) is 1.69. The van der Waals surface area contributed by atoms with Crippen LogP contribution in [0, 0.1) is 0 Å². The van der Waals surface area contributed by atoms with Gasteiger partial charge in [0.1, 0.15) is 5.75 Å². The fourth-order valence-corrected chi connectivity index (χ4v) is 1.69. The Balaban J connectivity index is 2.66. The van der Waals surface area contributed by atoms with E-state index in [4.69, 9.17) is 5.73 Å². The summed E-state index contributed by atoms with van der Waals surface area (Å²) < 4.78 is 0. The Bertz CT molecular complexity index is 520. The SMILES string of the molecule is NC(=O)Cc1ccc(O)c2ccccc12. The van der Waals surface area contributed by atoms with Crippen molar-refractivity contribution in [2.75, 3.05) is 0 Å². The summed E-state index contributed by atoms with van der Waals surface area (Å²) in [6, 6.07) is 10.7. The zero-order valence-corrected chi connectivity index (χ0v) is 8.10. The average Bonchev–Trinajstić information content (AvgIpc) is 2.22. The van der Waals surface area contributed by atoms with Gasteiger partial charge in [-0.25, -0.2) is 0 Å². The minimum Gasteiger partial charge on any atom is -0.507 e. The minimum absolute atomic E-state index is 0.195. The zero-order valence-electron chi connectivity index (χ0n) is 8.10. The maximum Gasteiger partial charge on any atom is 0.221 e. The van der Waals surface area contributed by atoms with E-state index in [1.165, 1.54) is 0 Å². The van der Waals surface area contributed by atoms with Gasteiger partial charge in [0.05, 0.1) is 6.42 Å². The molecule has 0 unspecified atom stereocenters. The summed E-state index contributed by atoms with van der Waals surface area (Å²) in [5, 5.41) is 11.2. The van der Waals surface area contributed by atoms with Gasteiger partial charge in [-0.1, -0.05) is 30.3 Å². The molecule has 2 aromatic carbocycles. The number of carbonyl (C=O) groups excluding carboxylic acids is 1. The molecule has 15 heavy (non-hydrogen) atoms. The summed E-state index contributed by atoms with van der Waals surface area (Å²) in [6.45, 7) is 0. The number of aromatic hydroxyl groups is 1. The molecule has 3 N–H and O–H groups in total. The number of phenols is 1. The van der Waals surface area contributed by atoms with Crippen LogP contribution in [-0.2, 0) is 11.2 Å². The molecule has 0 radical (unpaired) electrons. The largest absolute Gasteiger partial charge is 0.507 e. The van der Waals surface area contributed by atoms with Crippen molar-refractivity contribution < 1.29 is 9.90 Å². The molecule has 3 heteroatoms. The number of rotatable bonds is 2. The Morgan fingerprint density at radius 3 is 2.47 bits per heavy atom. The summed E-state index contributed by atoms with van der Waals surface area (Å²) in [4.78, 5) is 10.9. The van der Waals surface area contributed by atoms with Gasteiger partial charge < -0.3 is 10.8 Å². The summed E-state index contributed by atoms with van der Waals surface area (Å²) in [5.74, 6) is -0.148. The molecule has 0 aliphatic rings. The van der Waals surface area contributed by atoms with E-state index in [1.54, 1.807) is 12.1 Å². The summed E-state index contributed by atoms with van der Waals surface area (Å²) in [6.07, 6.45) is 0.195. The molecule has 0 atom stereocenters. The predicted molar refractivity (Wildman–Crippen MR) is 58.5 cm³/mol. The highest BCUT2D eigenvalue weighted by atomic mass is 16.3. The van der Waals surface area contributed by atoms with Crippen molar-refractivity contribution in [3.63, 3.8) is 0 Å². The normalized spacial score (nSPS) is 10.4. The molecule has 0 bridgehead atoms. The van der Waals surface area contributed by atoms with E-state index >= 15 is 0 Å². The molecule has 0 aliphatic carbocycles. The highest BCUT2D eigenvalue weighted by Crippen LogP contribution is 2.27. The Morgan fingerprint density at radius 1 is 1.13 bits per heavy atom. The number of primary amides is 1. The van der Waals surface area contributed by atoms with Crippen LogP contribution in [0.1, 0.15) is 5.56 Å². The van der Waals surface area contributed by atoms with Crippen LogP contribution >= 0.6 is 0 Å². The number of carbonyl (C=O) groups is 1. The molecule has 3 nitrogen and oxygen atoms in total. The summed E-state index contributed by atoms with van der Waals surface area (Å²) in [5.41, 5.74) is 6.00.